The molecule has 9 heteroatoms. The van der Waals surface area contributed by atoms with E-state index in [0.717, 1.165) is 18.4 Å². The molecule has 0 radical (unpaired) electrons. The van der Waals surface area contributed by atoms with Crippen molar-refractivity contribution in [3.05, 3.63) is 81.8 Å². The molecule has 1 unspecified atom stereocenters. The van der Waals surface area contributed by atoms with Gasteiger partial charge in [0, 0.05) is 24.4 Å². The van der Waals surface area contributed by atoms with Crippen molar-refractivity contribution >= 4 is 23.1 Å². The summed E-state index contributed by atoms with van der Waals surface area (Å²) >= 11 is 0. The molecule has 2 amide bonds. The van der Waals surface area contributed by atoms with Crippen molar-refractivity contribution in [3.8, 4) is 5.69 Å². The summed E-state index contributed by atoms with van der Waals surface area (Å²) in [6.07, 6.45) is 4.82. The third-order valence-electron chi connectivity index (χ3n) is 6.21. The highest BCUT2D eigenvalue weighted by Crippen LogP contribution is 2.31. The van der Waals surface area contributed by atoms with Gasteiger partial charge in [0.15, 0.2) is 12.4 Å². The van der Waals surface area contributed by atoms with Gasteiger partial charge < -0.3 is 4.74 Å². The summed E-state index contributed by atoms with van der Waals surface area (Å²) in [6.45, 7) is 4.32. The second-order valence-electron chi connectivity index (χ2n) is 8.59. The van der Waals surface area contributed by atoms with Crippen LogP contribution in [0, 0.1) is 19.7 Å². The fourth-order valence-corrected chi connectivity index (χ4v) is 4.45. The average molecular weight is 463 g/mol. The summed E-state index contributed by atoms with van der Waals surface area (Å²) in [5, 5.41) is 2.96. The van der Waals surface area contributed by atoms with E-state index >= 15 is 0 Å². The molecule has 174 valence electrons. The smallest absolute Gasteiger partial charge is 0.327 e. The molecule has 1 N–H and O–H groups in total. The quantitative estimate of drug-likeness (QED) is 0.464. The predicted molar refractivity (Wildman–Crippen MR) is 121 cm³/mol. The number of ether oxygens (including phenoxy) is 1. The van der Waals surface area contributed by atoms with Crippen molar-refractivity contribution in [2.24, 2.45) is 0 Å². The third kappa shape index (κ3) is 3.67. The van der Waals surface area contributed by atoms with Crippen LogP contribution >= 0.6 is 0 Å². The van der Waals surface area contributed by atoms with Crippen LogP contribution < -0.4 is 10.1 Å². The van der Waals surface area contributed by atoms with Gasteiger partial charge in [-0.05, 0) is 56.5 Å². The molecule has 1 fully saturated rings. The maximum Gasteiger partial charge on any atom is 0.327 e. The Balaban J connectivity index is 1.66. The van der Waals surface area contributed by atoms with Crippen molar-refractivity contribution in [2.45, 2.75) is 32.8 Å². The lowest BCUT2D eigenvalue weighted by Crippen LogP contribution is -2.42. The van der Waals surface area contributed by atoms with E-state index in [0.29, 0.717) is 18.0 Å². The number of carbonyl (C=O) groups is 2. The number of nitrogens with zero attached hydrogens (tertiary/aromatic N) is 3. The Morgan fingerprint density at radius 1 is 1.06 bits per heavy atom. The van der Waals surface area contributed by atoms with E-state index < -0.39 is 23.2 Å². The van der Waals surface area contributed by atoms with Gasteiger partial charge >= 0.3 is 5.91 Å². The molecule has 5 rings (SSSR count). The monoisotopic (exact) mass is 463 g/mol. The van der Waals surface area contributed by atoms with Crippen LogP contribution in [0.3, 0.4) is 0 Å². The molecule has 1 saturated heterocycles. The standard InChI is InChI=1S/C25H23FN4O4/c1-15-9-11-28(12-10-15)22-21(23(31)29(25(22)33)14-19-4-3-13-34-19)20-16(2)27-30(24(20)32)18-7-5-17(26)6-8-18/h5-12,19H,3-4,13-14H2,1-2H3/p+1. The van der Waals surface area contributed by atoms with Crippen LogP contribution in [0.25, 0.3) is 17.0 Å². The first-order valence-electron chi connectivity index (χ1n) is 11.1. The molecule has 1 aromatic carbocycles. The molecule has 1 atom stereocenters. The number of aryl methyl sites for hydroxylation is 2. The molecule has 4 heterocycles. The molecule has 0 spiro atoms. The summed E-state index contributed by atoms with van der Waals surface area (Å²) in [6, 6.07) is 9.07. The molecule has 8 nitrogen and oxygen atoms in total. The van der Waals surface area contributed by atoms with Crippen LogP contribution in [-0.2, 0) is 14.3 Å². The van der Waals surface area contributed by atoms with Crippen molar-refractivity contribution < 1.29 is 23.3 Å². The Hall–Kier alpha value is -3.85. The van der Waals surface area contributed by atoms with E-state index in [2.05, 4.69) is 5.10 Å². The van der Waals surface area contributed by atoms with Gasteiger partial charge in [-0.1, -0.05) is 0 Å². The molecule has 0 bridgehead atoms. The largest absolute Gasteiger partial charge is 0.376 e. The first kappa shape index (κ1) is 22.0. The van der Waals surface area contributed by atoms with E-state index in [1.807, 2.05) is 19.1 Å². The number of pyridine rings is 1. The van der Waals surface area contributed by atoms with Crippen LogP contribution in [0.2, 0.25) is 0 Å². The summed E-state index contributed by atoms with van der Waals surface area (Å²) in [5.41, 5.74) is 1.60. The Bertz CT molecular complexity index is 1360. The number of halogens is 1. The van der Waals surface area contributed by atoms with Gasteiger partial charge in [0.1, 0.15) is 11.4 Å². The molecule has 0 aliphatic carbocycles. The summed E-state index contributed by atoms with van der Waals surface area (Å²) in [5.74, 6) is -1.44. The molecule has 34 heavy (non-hydrogen) atoms. The molecular formula is C25H24FN4O4+. The third-order valence-corrected chi connectivity index (χ3v) is 6.21. The SMILES string of the molecule is Cc1cc[n+](C2=C(c3c(C)[nH]n(-c4ccc(F)cc4)c3=O)C(=O)N(CC3CCCO3)C2=O)cc1. The number of nitrogens with one attached hydrogen (secondary N) is 1. The Morgan fingerprint density at radius 2 is 1.76 bits per heavy atom. The number of benzene rings is 1. The molecule has 2 aromatic heterocycles. The van der Waals surface area contributed by atoms with Crippen LogP contribution in [-0.4, -0.2) is 45.8 Å². The van der Waals surface area contributed by atoms with E-state index in [1.165, 1.54) is 33.8 Å². The zero-order valence-electron chi connectivity index (χ0n) is 18.9. The van der Waals surface area contributed by atoms with Crippen molar-refractivity contribution in [1.82, 2.24) is 14.7 Å². The Labute approximate surface area is 194 Å². The number of amides is 2. The normalized spacial score (nSPS) is 18.4. The minimum Gasteiger partial charge on any atom is -0.376 e. The van der Waals surface area contributed by atoms with Gasteiger partial charge in [-0.2, -0.15) is 4.57 Å². The van der Waals surface area contributed by atoms with E-state index in [4.69, 9.17) is 4.74 Å². The first-order chi connectivity index (χ1) is 16.3. The van der Waals surface area contributed by atoms with E-state index in [1.54, 1.807) is 23.9 Å². The maximum atomic E-state index is 13.6. The highest BCUT2D eigenvalue weighted by atomic mass is 19.1. The van der Waals surface area contributed by atoms with Crippen LogP contribution in [0.1, 0.15) is 29.7 Å². The number of aromatic amines is 1. The summed E-state index contributed by atoms with van der Waals surface area (Å²) in [7, 11) is 0. The Morgan fingerprint density at radius 3 is 2.41 bits per heavy atom. The summed E-state index contributed by atoms with van der Waals surface area (Å²) in [4.78, 5) is 41.8. The van der Waals surface area contributed by atoms with Crippen LogP contribution in [0.4, 0.5) is 4.39 Å². The highest BCUT2D eigenvalue weighted by Gasteiger charge is 2.48. The molecule has 3 aromatic rings. The van der Waals surface area contributed by atoms with Gasteiger partial charge in [0.25, 0.3) is 17.2 Å². The fraction of sp³-hybridized carbons (Fsp3) is 0.280. The minimum absolute atomic E-state index is 0.0384. The van der Waals surface area contributed by atoms with Crippen LogP contribution in [0.15, 0.2) is 53.6 Å². The van der Waals surface area contributed by atoms with E-state index in [9.17, 15) is 18.8 Å². The second kappa shape index (κ2) is 8.49. The number of H-pyrrole nitrogens is 1. The molecule has 0 saturated carbocycles. The number of hydrogen-bond donors (Lipinski definition) is 1. The van der Waals surface area contributed by atoms with Crippen molar-refractivity contribution in [1.29, 1.82) is 0 Å². The predicted octanol–water partition coefficient (Wildman–Crippen LogP) is 2.13. The van der Waals surface area contributed by atoms with Gasteiger partial charge in [0.2, 0.25) is 0 Å². The van der Waals surface area contributed by atoms with E-state index in [-0.39, 0.29) is 29.5 Å². The Kier molecular flexibility index (Phi) is 5.49. The topological polar surface area (TPSA) is 88.3 Å². The lowest BCUT2D eigenvalue weighted by Gasteiger charge is -2.18. The van der Waals surface area contributed by atoms with Gasteiger partial charge in [-0.3, -0.25) is 24.4 Å². The maximum absolute atomic E-state index is 13.6. The van der Waals surface area contributed by atoms with Crippen LogP contribution in [0.5, 0.6) is 0 Å². The average Bonchev–Trinajstić information content (AvgIpc) is 3.50. The number of rotatable bonds is 5. The second-order valence-corrected chi connectivity index (χ2v) is 8.59. The molecule has 2 aliphatic heterocycles. The lowest BCUT2D eigenvalue weighted by atomic mass is 10.1. The van der Waals surface area contributed by atoms with Gasteiger partial charge in [-0.15, -0.1) is 0 Å². The molecular weight excluding hydrogens is 439 g/mol. The zero-order chi connectivity index (χ0) is 24.0. The van der Waals surface area contributed by atoms with Gasteiger partial charge in [0.05, 0.1) is 23.9 Å². The number of carbonyl (C=O) groups excluding carboxylic acids is 2. The van der Waals surface area contributed by atoms with Gasteiger partial charge in [-0.25, -0.2) is 9.07 Å². The number of aromatic nitrogens is 3. The number of imide groups is 1. The first-order valence-corrected chi connectivity index (χ1v) is 11.1. The van der Waals surface area contributed by atoms with Crippen molar-refractivity contribution in [3.63, 3.8) is 0 Å². The lowest BCUT2D eigenvalue weighted by molar-refractivity contribution is -0.577. The van der Waals surface area contributed by atoms with Crippen molar-refractivity contribution in [2.75, 3.05) is 13.2 Å². The zero-order valence-corrected chi connectivity index (χ0v) is 18.9. The fourth-order valence-electron chi connectivity index (χ4n) is 4.45. The molecule has 2 aliphatic rings. The summed E-state index contributed by atoms with van der Waals surface area (Å²) < 4.78 is 21.9. The minimum atomic E-state index is -0.533. The highest BCUT2D eigenvalue weighted by molar-refractivity contribution is 6.44. The number of hydrogen-bond acceptors (Lipinski definition) is 4.